The summed E-state index contributed by atoms with van der Waals surface area (Å²) in [5, 5.41) is 3.27. The predicted molar refractivity (Wildman–Crippen MR) is 105 cm³/mol. The van der Waals surface area contributed by atoms with Gasteiger partial charge in [-0.05, 0) is 37.0 Å². The zero-order chi connectivity index (χ0) is 16.2. The van der Waals surface area contributed by atoms with Gasteiger partial charge in [-0.25, -0.2) is 13.4 Å². The molecule has 1 saturated carbocycles. The summed E-state index contributed by atoms with van der Waals surface area (Å²) in [5.41, 5.74) is 7.63. The lowest BCUT2D eigenvalue weighted by molar-refractivity contribution is 0.412. The van der Waals surface area contributed by atoms with E-state index in [9.17, 15) is 8.42 Å². The van der Waals surface area contributed by atoms with Crippen molar-refractivity contribution in [3.05, 3.63) is 29.3 Å². The van der Waals surface area contributed by atoms with Gasteiger partial charge in [-0.15, -0.1) is 24.0 Å². The number of aryl methyl sites for hydroxylation is 1. The van der Waals surface area contributed by atoms with E-state index in [1.807, 2.05) is 6.07 Å². The number of nitrogens with zero attached hydrogens (tertiary/aromatic N) is 1. The van der Waals surface area contributed by atoms with Crippen molar-refractivity contribution < 1.29 is 8.42 Å². The SMILES string of the molecule is Cc1cc(CN=C(N)NC2CCCCC2)ccc1S(C)(=O)=O.I. The largest absolute Gasteiger partial charge is 0.370 e. The van der Waals surface area contributed by atoms with E-state index in [1.54, 1.807) is 19.1 Å². The Kier molecular flexibility index (Phi) is 7.79. The molecule has 0 unspecified atom stereocenters. The van der Waals surface area contributed by atoms with Gasteiger partial charge in [-0.3, -0.25) is 0 Å². The molecule has 5 nitrogen and oxygen atoms in total. The molecule has 130 valence electrons. The van der Waals surface area contributed by atoms with Crippen molar-refractivity contribution in [2.45, 2.75) is 56.5 Å². The summed E-state index contributed by atoms with van der Waals surface area (Å²) in [4.78, 5) is 4.72. The van der Waals surface area contributed by atoms with Crippen molar-refractivity contribution in [2.75, 3.05) is 6.26 Å². The highest BCUT2D eigenvalue weighted by atomic mass is 127. The number of hydrogen-bond donors (Lipinski definition) is 2. The van der Waals surface area contributed by atoms with Crippen LogP contribution in [-0.2, 0) is 16.4 Å². The predicted octanol–water partition coefficient (Wildman–Crippen LogP) is 2.75. The third kappa shape index (κ3) is 6.29. The van der Waals surface area contributed by atoms with Gasteiger partial charge >= 0.3 is 0 Å². The summed E-state index contributed by atoms with van der Waals surface area (Å²) in [6, 6.07) is 5.72. The van der Waals surface area contributed by atoms with Gasteiger partial charge in [0.2, 0.25) is 0 Å². The first-order chi connectivity index (χ1) is 10.4. The van der Waals surface area contributed by atoms with Crippen molar-refractivity contribution in [3.8, 4) is 0 Å². The zero-order valence-corrected chi connectivity index (χ0v) is 16.9. The van der Waals surface area contributed by atoms with Gasteiger partial charge in [0.05, 0.1) is 11.4 Å². The lowest BCUT2D eigenvalue weighted by Crippen LogP contribution is -2.41. The Morgan fingerprint density at radius 1 is 1.30 bits per heavy atom. The van der Waals surface area contributed by atoms with E-state index in [0.29, 0.717) is 23.4 Å². The van der Waals surface area contributed by atoms with Crippen LogP contribution in [0.2, 0.25) is 0 Å². The molecule has 0 aromatic heterocycles. The first-order valence-electron chi connectivity index (χ1n) is 7.72. The van der Waals surface area contributed by atoms with Crippen molar-refractivity contribution in [1.82, 2.24) is 5.32 Å². The first-order valence-corrected chi connectivity index (χ1v) is 9.61. The summed E-state index contributed by atoms with van der Waals surface area (Å²) >= 11 is 0. The van der Waals surface area contributed by atoms with Crippen LogP contribution in [0.5, 0.6) is 0 Å². The third-order valence-corrected chi connectivity index (χ3v) is 5.28. The molecule has 1 aromatic carbocycles. The van der Waals surface area contributed by atoms with Gasteiger partial charge in [-0.1, -0.05) is 31.4 Å². The summed E-state index contributed by atoms with van der Waals surface area (Å²) in [5.74, 6) is 0.469. The van der Waals surface area contributed by atoms with Gasteiger partial charge in [0.1, 0.15) is 0 Å². The summed E-state index contributed by atoms with van der Waals surface area (Å²) < 4.78 is 23.2. The smallest absolute Gasteiger partial charge is 0.189 e. The molecule has 1 fully saturated rings. The molecule has 0 aliphatic heterocycles. The first kappa shape index (κ1) is 20.2. The van der Waals surface area contributed by atoms with Gasteiger partial charge in [-0.2, -0.15) is 0 Å². The maximum absolute atomic E-state index is 11.6. The highest BCUT2D eigenvalue weighted by Crippen LogP contribution is 2.18. The fourth-order valence-corrected chi connectivity index (χ4v) is 3.86. The average molecular weight is 451 g/mol. The fourth-order valence-electron chi connectivity index (χ4n) is 2.90. The lowest BCUT2D eigenvalue weighted by atomic mass is 9.96. The highest BCUT2D eigenvalue weighted by Gasteiger charge is 2.13. The number of hydrogen-bond acceptors (Lipinski definition) is 3. The molecule has 1 aromatic rings. The molecule has 0 amide bonds. The monoisotopic (exact) mass is 451 g/mol. The summed E-state index contributed by atoms with van der Waals surface area (Å²) in [6.07, 6.45) is 7.32. The van der Waals surface area contributed by atoms with E-state index >= 15 is 0 Å². The molecule has 23 heavy (non-hydrogen) atoms. The van der Waals surface area contributed by atoms with E-state index in [1.165, 1.54) is 25.5 Å². The van der Waals surface area contributed by atoms with Gasteiger partial charge in [0.25, 0.3) is 0 Å². The molecule has 0 radical (unpaired) electrons. The highest BCUT2D eigenvalue weighted by molar-refractivity contribution is 14.0. The molecule has 2 rings (SSSR count). The van der Waals surface area contributed by atoms with Crippen LogP contribution < -0.4 is 11.1 Å². The normalized spacial score (nSPS) is 16.7. The Bertz CT molecular complexity index is 653. The topological polar surface area (TPSA) is 84.5 Å². The minimum absolute atomic E-state index is 0. The summed E-state index contributed by atoms with van der Waals surface area (Å²) in [6.45, 7) is 2.25. The van der Waals surface area contributed by atoms with Crippen LogP contribution >= 0.6 is 24.0 Å². The Balaban J connectivity index is 0.00000264. The molecule has 0 heterocycles. The number of rotatable bonds is 4. The molecular weight excluding hydrogens is 425 g/mol. The second-order valence-corrected chi connectivity index (χ2v) is 8.04. The van der Waals surface area contributed by atoms with E-state index in [2.05, 4.69) is 10.3 Å². The van der Waals surface area contributed by atoms with Crippen molar-refractivity contribution in [1.29, 1.82) is 0 Å². The van der Waals surface area contributed by atoms with Crippen LogP contribution in [0, 0.1) is 6.92 Å². The van der Waals surface area contributed by atoms with Crippen LogP contribution in [0.25, 0.3) is 0 Å². The van der Waals surface area contributed by atoms with E-state index in [4.69, 9.17) is 5.73 Å². The van der Waals surface area contributed by atoms with E-state index in [0.717, 1.165) is 24.0 Å². The molecule has 0 spiro atoms. The van der Waals surface area contributed by atoms with E-state index < -0.39 is 9.84 Å². The van der Waals surface area contributed by atoms with Crippen LogP contribution in [-0.4, -0.2) is 26.7 Å². The number of guanidine groups is 1. The molecule has 3 N–H and O–H groups in total. The number of aliphatic imine (C=N–C) groups is 1. The number of halogens is 1. The second-order valence-electron chi connectivity index (χ2n) is 6.05. The number of nitrogens with one attached hydrogen (secondary N) is 1. The van der Waals surface area contributed by atoms with Gasteiger partial charge in [0, 0.05) is 12.3 Å². The fraction of sp³-hybridized carbons (Fsp3) is 0.562. The molecule has 7 heteroatoms. The molecule has 1 aliphatic carbocycles. The Morgan fingerprint density at radius 3 is 2.52 bits per heavy atom. The van der Waals surface area contributed by atoms with Crippen LogP contribution in [0.1, 0.15) is 43.2 Å². The lowest BCUT2D eigenvalue weighted by Gasteiger charge is -2.23. The zero-order valence-electron chi connectivity index (χ0n) is 13.7. The Morgan fingerprint density at radius 2 is 1.96 bits per heavy atom. The van der Waals surface area contributed by atoms with Crippen LogP contribution in [0.4, 0.5) is 0 Å². The average Bonchev–Trinajstić information content (AvgIpc) is 2.45. The molecule has 1 aliphatic rings. The maximum atomic E-state index is 11.6. The molecule has 0 saturated heterocycles. The third-order valence-electron chi connectivity index (χ3n) is 4.03. The second kappa shape index (κ2) is 8.86. The Labute approximate surface area is 156 Å². The maximum Gasteiger partial charge on any atom is 0.189 e. The summed E-state index contributed by atoms with van der Waals surface area (Å²) in [7, 11) is -3.17. The molecule has 0 atom stereocenters. The quantitative estimate of drug-likeness (QED) is 0.419. The molecular formula is C16H26IN3O2S. The van der Waals surface area contributed by atoms with Gasteiger partial charge < -0.3 is 11.1 Å². The Hall–Kier alpha value is -0.830. The number of benzene rings is 1. The van der Waals surface area contributed by atoms with Gasteiger partial charge in [0.15, 0.2) is 15.8 Å². The van der Waals surface area contributed by atoms with Crippen LogP contribution in [0.3, 0.4) is 0 Å². The van der Waals surface area contributed by atoms with Crippen LogP contribution in [0.15, 0.2) is 28.1 Å². The minimum Gasteiger partial charge on any atom is -0.370 e. The molecule has 0 bridgehead atoms. The number of sulfone groups is 1. The van der Waals surface area contributed by atoms with Crippen molar-refractivity contribution in [3.63, 3.8) is 0 Å². The number of nitrogens with two attached hydrogens (primary N) is 1. The minimum atomic E-state index is -3.17. The standard InChI is InChI=1S/C16H25N3O2S.HI/c1-12-10-13(8-9-15(12)22(2,20)21)11-18-16(17)19-14-6-4-3-5-7-14;/h8-10,14H,3-7,11H2,1-2H3,(H3,17,18,19);1H. The van der Waals surface area contributed by atoms with E-state index in [-0.39, 0.29) is 24.0 Å². The van der Waals surface area contributed by atoms with Crippen molar-refractivity contribution in [2.24, 2.45) is 10.7 Å². The van der Waals surface area contributed by atoms with Crippen molar-refractivity contribution >= 4 is 39.8 Å².